The predicted molar refractivity (Wildman–Crippen MR) is 67.6 cm³/mol. The molecule has 0 radical (unpaired) electrons. The van der Waals surface area contributed by atoms with Crippen molar-refractivity contribution in [3.05, 3.63) is 35.4 Å². The zero-order valence-electron chi connectivity index (χ0n) is 10.8. The average Bonchev–Trinajstić information content (AvgIpc) is 2.98. The molecule has 108 valence electrons. The van der Waals surface area contributed by atoms with Crippen molar-refractivity contribution >= 4 is 16.0 Å². The molecule has 2 rings (SSSR count). The van der Waals surface area contributed by atoms with Crippen LogP contribution in [0.5, 0.6) is 0 Å². The summed E-state index contributed by atoms with van der Waals surface area (Å²) in [6.45, 7) is 1.51. The summed E-state index contributed by atoms with van der Waals surface area (Å²) in [7, 11) is -2.66. The molecule has 0 aliphatic rings. The Morgan fingerprint density at radius 1 is 1.55 bits per heavy atom. The SMILES string of the molecule is Cc1[nH]nc(S(=O)(=O)N(C)Cc2ccoc2)c1C(=O)O. The normalized spacial score (nSPS) is 11.9. The second-order valence-electron chi connectivity index (χ2n) is 4.23. The number of aromatic carboxylic acids is 1. The van der Waals surface area contributed by atoms with Gasteiger partial charge in [0.25, 0.3) is 10.0 Å². The number of hydrogen-bond acceptors (Lipinski definition) is 5. The topological polar surface area (TPSA) is 117 Å². The van der Waals surface area contributed by atoms with Crippen LogP contribution in [-0.2, 0) is 16.6 Å². The van der Waals surface area contributed by atoms with Gasteiger partial charge in [-0.3, -0.25) is 5.10 Å². The molecule has 0 saturated carbocycles. The number of aryl methyl sites for hydroxylation is 1. The van der Waals surface area contributed by atoms with Gasteiger partial charge in [-0.25, -0.2) is 13.2 Å². The molecule has 9 heteroatoms. The molecular formula is C11H13N3O5S. The Hall–Kier alpha value is -2.13. The molecule has 0 aliphatic carbocycles. The fraction of sp³-hybridized carbons (Fsp3) is 0.273. The summed E-state index contributed by atoms with van der Waals surface area (Å²) in [5.74, 6) is -1.34. The van der Waals surface area contributed by atoms with Crippen LogP contribution in [0.15, 0.2) is 28.0 Å². The van der Waals surface area contributed by atoms with Crippen LogP contribution in [-0.4, -0.2) is 41.0 Å². The Kier molecular flexibility index (Phi) is 3.64. The maximum absolute atomic E-state index is 12.3. The van der Waals surface area contributed by atoms with Crippen molar-refractivity contribution in [2.24, 2.45) is 0 Å². The Morgan fingerprint density at radius 3 is 2.80 bits per heavy atom. The highest BCUT2D eigenvalue weighted by atomic mass is 32.2. The van der Waals surface area contributed by atoms with E-state index in [2.05, 4.69) is 10.2 Å². The molecule has 2 heterocycles. The van der Waals surface area contributed by atoms with Crippen molar-refractivity contribution in [2.75, 3.05) is 7.05 Å². The minimum Gasteiger partial charge on any atom is -0.478 e. The van der Waals surface area contributed by atoms with Gasteiger partial charge in [0, 0.05) is 24.8 Å². The van der Waals surface area contributed by atoms with Gasteiger partial charge in [-0.2, -0.15) is 9.40 Å². The van der Waals surface area contributed by atoms with Crippen molar-refractivity contribution in [1.29, 1.82) is 0 Å². The highest BCUT2D eigenvalue weighted by Gasteiger charge is 2.31. The molecule has 0 spiro atoms. The van der Waals surface area contributed by atoms with Gasteiger partial charge in [0.2, 0.25) is 5.03 Å². The minimum absolute atomic E-state index is 0.0593. The molecule has 8 nitrogen and oxygen atoms in total. The molecule has 2 aromatic rings. The largest absolute Gasteiger partial charge is 0.478 e. The van der Waals surface area contributed by atoms with Gasteiger partial charge in [0.15, 0.2) is 0 Å². The molecule has 0 amide bonds. The molecule has 0 aliphatic heterocycles. The monoisotopic (exact) mass is 299 g/mol. The number of carboxylic acid groups (broad SMARTS) is 1. The van der Waals surface area contributed by atoms with Gasteiger partial charge < -0.3 is 9.52 Å². The molecule has 20 heavy (non-hydrogen) atoms. The molecule has 2 aromatic heterocycles. The van der Waals surface area contributed by atoms with Gasteiger partial charge in [-0.1, -0.05) is 0 Å². The van der Waals surface area contributed by atoms with Crippen LogP contribution in [0.4, 0.5) is 0 Å². The zero-order chi connectivity index (χ0) is 14.9. The third-order valence-corrected chi connectivity index (χ3v) is 4.50. The zero-order valence-corrected chi connectivity index (χ0v) is 11.6. The lowest BCUT2D eigenvalue weighted by Crippen LogP contribution is -2.28. The second kappa shape index (κ2) is 5.10. The van der Waals surface area contributed by atoms with Gasteiger partial charge in [-0.15, -0.1) is 0 Å². The molecule has 0 fully saturated rings. The second-order valence-corrected chi connectivity index (χ2v) is 6.19. The number of aromatic amines is 1. The minimum atomic E-state index is -4.00. The molecule has 0 aromatic carbocycles. The fourth-order valence-corrected chi connectivity index (χ4v) is 2.99. The van der Waals surface area contributed by atoms with E-state index in [-0.39, 0.29) is 17.8 Å². The first kappa shape index (κ1) is 14.3. The van der Waals surface area contributed by atoms with Crippen molar-refractivity contribution in [3.8, 4) is 0 Å². The summed E-state index contributed by atoms with van der Waals surface area (Å²) in [4.78, 5) is 11.1. The summed E-state index contributed by atoms with van der Waals surface area (Å²) in [6.07, 6.45) is 2.84. The van der Waals surface area contributed by atoms with Crippen molar-refractivity contribution in [1.82, 2.24) is 14.5 Å². The van der Waals surface area contributed by atoms with Crippen molar-refractivity contribution < 1.29 is 22.7 Å². The Balaban J connectivity index is 2.38. The molecule has 0 atom stereocenters. The van der Waals surface area contributed by atoms with E-state index in [1.54, 1.807) is 6.07 Å². The maximum Gasteiger partial charge on any atom is 0.340 e. The number of sulfonamides is 1. The molecular weight excluding hydrogens is 286 g/mol. The van der Waals surface area contributed by atoms with Crippen LogP contribution < -0.4 is 0 Å². The van der Waals surface area contributed by atoms with E-state index in [4.69, 9.17) is 9.52 Å². The summed E-state index contributed by atoms with van der Waals surface area (Å²) < 4.78 is 30.6. The first-order chi connectivity index (χ1) is 9.34. The van der Waals surface area contributed by atoms with Crippen LogP contribution >= 0.6 is 0 Å². The van der Waals surface area contributed by atoms with E-state index < -0.39 is 21.0 Å². The van der Waals surface area contributed by atoms with Gasteiger partial charge in [0.05, 0.1) is 12.5 Å². The van der Waals surface area contributed by atoms with E-state index in [0.29, 0.717) is 5.56 Å². The van der Waals surface area contributed by atoms with Crippen molar-refractivity contribution in [3.63, 3.8) is 0 Å². The van der Waals surface area contributed by atoms with Crippen LogP contribution in [0.2, 0.25) is 0 Å². The van der Waals surface area contributed by atoms with Crippen LogP contribution in [0, 0.1) is 6.92 Å². The number of hydrogen-bond donors (Lipinski definition) is 2. The summed E-state index contributed by atoms with van der Waals surface area (Å²) in [5.41, 5.74) is 0.497. The Morgan fingerprint density at radius 2 is 2.25 bits per heavy atom. The standard InChI is InChI=1S/C11H13N3O5S/c1-7-9(11(15)16)10(13-12-7)20(17,18)14(2)5-8-3-4-19-6-8/h3-4,6H,5H2,1-2H3,(H,12,13)(H,15,16). The lowest BCUT2D eigenvalue weighted by atomic mass is 10.3. The van der Waals surface area contributed by atoms with E-state index in [1.807, 2.05) is 0 Å². The predicted octanol–water partition coefficient (Wildman–Crippen LogP) is 0.830. The van der Waals surface area contributed by atoms with E-state index in [9.17, 15) is 13.2 Å². The first-order valence-electron chi connectivity index (χ1n) is 5.59. The third kappa shape index (κ3) is 2.45. The number of carboxylic acids is 1. The number of nitrogens with one attached hydrogen (secondary N) is 1. The number of carbonyl (C=O) groups is 1. The quantitative estimate of drug-likeness (QED) is 0.844. The number of aromatic nitrogens is 2. The molecule has 0 unspecified atom stereocenters. The van der Waals surface area contributed by atoms with Crippen molar-refractivity contribution in [2.45, 2.75) is 18.5 Å². The molecule has 2 N–H and O–H groups in total. The molecule has 0 bridgehead atoms. The summed E-state index contributed by atoms with van der Waals surface area (Å²) >= 11 is 0. The number of furan rings is 1. The average molecular weight is 299 g/mol. The van der Waals surface area contributed by atoms with Crippen LogP contribution in [0.3, 0.4) is 0 Å². The highest BCUT2D eigenvalue weighted by Crippen LogP contribution is 2.21. The molecule has 0 saturated heterocycles. The number of nitrogens with zero attached hydrogens (tertiary/aromatic N) is 2. The lowest BCUT2D eigenvalue weighted by Gasteiger charge is -2.14. The van der Waals surface area contributed by atoms with Gasteiger partial charge in [-0.05, 0) is 13.0 Å². The third-order valence-electron chi connectivity index (χ3n) is 2.77. The summed E-state index contributed by atoms with van der Waals surface area (Å²) in [6, 6.07) is 1.62. The number of rotatable bonds is 5. The van der Waals surface area contributed by atoms with Gasteiger partial charge >= 0.3 is 5.97 Å². The number of H-pyrrole nitrogens is 1. The Bertz CT molecular complexity index is 717. The lowest BCUT2D eigenvalue weighted by molar-refractivity contribution is 0.0691. The highest BCUT2D eigenvalue weighted by molar-refractivity contribution is 7.89. The van der Waals surface area contributed by atoms with E-state index >= 15 is 0 Å². The van der Waals surface area contributed by atoms with Crippen LogP contribution in [0.1, 0.15) is 21.6 Å². The van der Waals surface area contributed by atoms with Crippen LogP contribution in [0.25, 0.3) is 0 Å². The Labute approximate surface area is 115 Å². The van der Waals surface area contributed by atoms with E-state index in [0.717, 1.165) is 4.31 Å². The van der Waals surface area contributed by atoms with Gasteiger partial charge in [0.1, 0.15) is 5.56 Å². The maximum atomic E-state index is 12.3. The summed E-state index contributed by atoms with van der Waals surface area (Å²) in [5, 5.41) is 14.6. The smallest absolute Gasteiger partial charge is 0.340 e. The fourth-order valence-electron chi connectivity index (χ4n) is 1.72. The van der Waals surface area contributed by atoms with E-state index in [1.165, 1.54) is 26.5 Å². The first-order valence-corrected chi connectivity index (χ1v) is 7.03.